The molecule has 4 rings (SSSR count). The van der Waals surface area contributed by atoms with E-state index in [1.807, 2.05) is 17.0 Å². The summed E-state index contributed by atoms with van der Waals surface area (Å²) in [4.78, 5) is 37.7. The summed E-state index contributed by atoms with van der Waals surface area (Å²) >= 11 is 0. The number of nitrogens with zero attached hydrogens (tertiary/aromatic N) is 4. The largest absolute Gasteiger partial charge is 0.480 e. The number of amides is 1. The third-order valence-electron chi connectivity index (χ3n) is 6.00. The van der Waals surface area contributed by atoms with E-state index >= 15 is 0 Å². The lowest BCUT2D eigenvalue weighted by Gasteiger charge is -2.35. The fourth-order valence-corrected chi connectivity index (χ4v) is 4.20. The zero-order valence-electron chi connectivity index (χ0n) is 17.5. The molecule has 2 aromatic rings. The smallest absolute Gasteiger partial charge is 0.233 e. The van der Waals surface area contributed by atoms with E-state index in [1.54, 1.807) is 19.5 Å². The Kier molecular flexibility index (Phi) is 6.26. The number of rotatable bonds is 6. The number of methoxy groups -OCH3 is 1. The van der Waals surface area contributed by atoms with Crippen molar-refractivity contribution < 1.29 is 14.3 Å². The van der Waals surface area contributed by atoms with Gasteiger partial charge in [-0.1, -0.05) is 12.1 Å². The zero-order valence-corrected chi connectivity index (χ0v) is 17.5. The number of Topliss-reactive ketones (excluding diaryl/α,β-unsaturated/α-hetero) is 1. The standard InChI is InChI=1S/C23H28N4O3/c1-30-22-16-24-15-21(25-22)26-10-12-27(13-11-26)23(29)9-8-20(28)19-7-6-17-4-2-3-5-18(17)14-19/h6-7,14-16H,2-5,8-13H2,1H3. The van der Waals surface area contributed by atoms with Crippen LogP contribution in [0.1, 0.15) is 47.2 Å². The molecule has 1 aliphatic heterocycles. The first-order valence-corrected chi connectivity index (χ1v) is 10.7. The van der Waals surface area contributed by atoms with Crippen molar-refractivity contribution in [3.63, 3.8) is 0 Å². The second kappa shape index (κ2) is 9.24. The predicted molar refractivity (Wildman–Crippen MR) is 114 cm³/mol. The van der Waals surface area contributed by atoms with Crippen LogP contribution in [0, 0.1) is 0 Å². The molecule has 1 aromatic carbocycles. The molecule has 0 radical (unpaired) electrons. The number of benzene rings is 1. The first-order valence-electron chi connectivity index (χ1n) is 10.7. The Hall–Kier alpha value is -2.96. The van der Waals surface area contributed by atoms with Crippen LogP contribution in [-0.4, -0.2) is 59.8 Å². The number of ketones is 1. The van der Waals surface area contributed by atoms with Crippen molar-refractivity contribution >= 4 is 17.5 Å². The molecule has 0 atom stereocenters. The molecular formula is C23H28N4O3. The fraction of sp³-hybridized carbons (Fsp3) is 0.478. The van der Waals surface area contributed by atoms with Crippen molar-refractivity contribution in [3.8, 4) is 5.88 Å². The van der Waals surface area contributed by atoms with Gasteiger partial charge in [-0.05, 0) is 42.9 Å². The number of aryl methyl sites for hydroxylation is 2. The van der Waals surface area contributed by atoms with Crippen LogP contribution in [0.5, 0.6) is 5.88 Å². The van der Waals surface area contributed by atoms with Gasteiger partial charge in [0.15, 0.2) is 11.6 Å². The highest BCUT2D eigenvalue weighted by Gasteiger charge is 2.23. The van der Waals surface area contributed by atoms with Gasteiger partial charge in [0.2, 0.25) is 11.8 Å². The maximum atomic E-state index is 12.6. The maximum absolute atomic E-state index is 12.6. The molecule has 0 N–H and O–H groups in total. The van der Waals surface area contributed by atoms with E-state index in [4.69, 9.17) is 4.74 Å². The highest BCUT2D eigenvalue weighted by Crippen LogP contribution is 2.23. The van der Waals surface area contributed by atoms with Crippen molar-refractivity contribution in [2.24, 2.45) is 0 Å². The average molecular weight is 409 g/mol. The molecule has 0 saturated carbocycles. The number of hydrogen-bond donors (Lipinski definition) is 0. The minimum absolute atomic E-state index is 0.0395. The van der Waals surface area contributed by atoms with E-state index < -0.39 is 0 Å². The summed E-state index contributed by atoms with van der Waals surface area (Å²) in [6, 6.07) is 6.05. The van der Waals surface area contributed by atoms with Crippen molar-refractivity contribution in [1.29, 1.82) is 0 Å². The van der Waals surface area contributed by atoms with Crippen molar-refractivity contribution in [1.82, 2.24) is 14.9 Å². The summed E-state index contributed by atoms with van der Waals surface area (Å²) in [6.45, 7) is 2.61. The Morgan fingerprint density at radius 1 is 1.00 bits per heavy atom. The summed E-state index contributed by atoms with van der Waals surface area (Å²) in [5.74, 6) is 1.33. The monoisotopic (exact) mass is 408 g/mol. The Morgan fingerprint density at radius 2 is 1.77 bits per heavy atom. The van der Waals surface area contributed by atoms with Gasteiger partial charge in [0.05, 0.1) is 19.5 Å². The van der Waals surface area contributed by atoms with Gasteiger partial charge in [0.1, 0.15) is 0 Å². The highest BCUT2D eigenvalue weighted by atomic mass is 16.5. The Bertz CT molecular complexity index is 922. The molecule has 1 amide bonds. The number of anilines is 1. The van der Waals surface area contributed by atoms with Gasteiger partial charge in [-0.2, -0.15) is 4.98 Å². The lowest BCUT2D eigenvalue weighted by molar-refractivity contribution is -0.131. The molecule has 0 spiro atoms. The van der Waals surface area contributed by atoms with Crippen LogP contribution in [-0.2, 0) is 17.6 Å². The number of carbonyl (C=O) groups excluding carboxylic acids is 2. The molecule has 1 fully saturated rings. The van der Waals surface area contributed by atoms with Crippen LogP contribution in [0.15, 0.2) is 30.6 Å². The molecule has 0 bridgehead atoms. The molecule has 2 heterocycles. The van der Waals surface area contributed by atoms with Crippen molar-refractivity contribution in [3.05, 3.63) is 47.3 Å². The van der Waals surface area contributed by atoms with Crippen LogP contribution in [0.2, 0.25) is 0 Å². The molecule has 1 aromatic heterocycles. The van der Waals surface area contributed by atoms with Crippen LogP contribution < -0.4 is 9.64 Å². The Morgan fingerprint density at radius 3 is 2.53 bits per heavy atom. The van der Waals surface area contributed by atoms with Crippen LogP contribution >= 0.6 is 0 Å². The van der Waals surface area contributed by atoms with Gasteiger partial charge in [-0.25, -0.2) is 0 Å². The van der Waals surface area contributed by atoms with E-state index in [1.165, 1.54) is 24.0 Å². The normalized spacial score (nSPS) is 16.2. The third kappa shape index (κ3) is 4.61. The molecule has 7 nitrogen and oxygen atoms in total. The summed E-state index contributed by atoms with van der Waals surface area (Å²) in [5, 5.41) is 0. The highest BCUT2D eigenvalue weighted by molar-refractivity contribution is 5.98. The van der Waals surface area contributed by atoms with Crippen LogP contribution in [0.4, 0.5) is 5.82 Å². The van der Waals surface area contributed by atoms with Gasteiger partial charge >= 0.3 is 0 Å². The minimum Gasteiger partial charge on any atom is -0.480 e. The molecule has 158 valence electrons. The van der Waals surface area contributed by atoms with Crippen LogP contribution in [0.3, 0.4) is 0 Å². The summed E-state index contributed by atoms with van der Waals surface area (Å²) < 4.78 is 5.13. The van der Waals surface area contributed by atoms with E-state index in [0.717, 1.165) is 24.2 Å². The molecule has 7 heteroatoms. The topological polar surface area (TPSA) is 75.6 Å². The summed E-state index contributed by atoms with van der Waals surface area (Å²) in [6.07, 6.45) is 8.38. The average Bonchev–Trinajstić information content (AvgIpc) is 2.82. The Balaban J connectivity index is 1.27. The number of ether oxygens (including phenoxy) is 1. The maximum Gasteiger partial charge on any atom is 0.233 e. The molecule has 1 aliphatic carbocycles. The number of piperazine rings is 1. The van der Waals surface area contributed by atoms with Crippen molar-refractivity contribution in [2.45, 2.75) is 38.5 Å². The molecule has 30 heavy (non-hydrogen) atoms. The lowest BCUT2D eigenvalue weighted by atomic mass is 9.89. The second-order valence-electron chi connectivity index (χ2n) is 7.90. The number of carbonyl (C=O) groups is 2. The van der Waals surface area contributed by atoms with E-state index in [0.29, 0.717) is 32.1 Å². The number of aromatic nitrogens is 2. The first-order chi connectivity index (χ1) is 14.6. The van der Waals surface area contributed by atoms with E-state index in [2.05, 4.69) is 20.9 Å². The van der Waals surface area contributed by atoms with Gasteiger partial charge in [-0.3, -0.25) is 14.6 Å². The van der Waals surface area contributed by atoms with Gasteiger partial charge in [0, 0.05) is 44.6 Å². The number of hydrogen-bond acceptors (Lipinski definition) is 6. The van der Waals surface area contributed by atoms with Gasteiger partial charge in [0.25, 0.3) is 0 Å². The van der Waals surface area contributed by atoms with E-state index in [-0.39, 0.29) is 24.5 Å². The SMILES string of the molecule is COc1cncc(N2CCN(C(=O)CCC(=O)c3ccc4c(c3)CCCC4)CC2)n1. The van der Waals surface area contributed by atoms with Crippen molar-refractivity contribution in [2.75, 3.05) is 38.2 Å². The first kappa shape index (κ1) is 20.3. The Labute approximate surface area is 177 Å². The van der Waals surface area contributed by atoms with Crippen LogP contribution in [0.25, 0.3) is 0 Å². The molecule has 0 unspecified atom stereocenters. The zero-order chi connectivity index (χ0) is 20.9. The van der Waals surface area contributed by atoms with Gasteiger partial charge < -0.3 is 14.5 Å². The summed E-state index contributed by atoms with van der Waals surface area (Å²) in [7, 11) is 1.57. The van der Waals surface area contributed by atoms with Gasteiger partial charge in [-0.15, -0.1) is 0 Å². The number of fused-ring (bicyclic) bond motifs is 1. The molecule has 2 aliphatic rings. The summed E-state index contributed by atoms with van der Waals surface area (Å²) in [5.41, 5.74) is 3.41. The fourth-order valence-electron chi connectivity index (χ4n) is 4.20. The molecule has 1 saturated heterocycles. The second-order valence-corrected chi connectivity index (χ2v) is 7.90. The van der Waals surface area contributed by atoms with E-state index in [9.17, 15) is 9.59 Å². The lowest BCUT2D eigenvalue weighted by Crippen LogP contribution is -2.49. The minimum atomic E-state index is 0.0395. The molecular weight excluding hydrogens is 380 g/mol. The quantitative estimate of drug-likeness (QED) is 0.684. The third-order valence-corrected chi connectivity index (χ3v) is 6.00. The predicted octanol–water partition coefficient (Wildman–Crippen LogP) is 2.68.